The monoisotopic (exact) mass is 370 g/mol. The Kier molecular flexibility index (Phi) is 4.85. The van der Waals surface area contributed by atoms with Crippen LogP contribution in [0.25, 0.3) is 5.69 Å². The number of phenols is 1. The minimum absolute atomic E-state index is 0.209. The van der Waals surface area contributed by atoms with Crippen molar-refractivity contribution in [2.24, 2.45) is 0 Å². The van der Waals surface area contributed by atoms with Gasteiger partial charge in [-0.1, -0.05) is 23.4 Å². The lowest BCUT2D eigenvalue weighted by molar-refractivity contribution is 0.202. The maximum Gasteiger partial charge on any atom is 0.151 e. The summed E-state index contributed by atoms with van der Waals surface area (Å²) in [5, 5.41) is 17.6. The van der Waals surface area contributed by atoms with E-state index in [0.29, 0.717) is 23.9 Å². The molecule has 0 atom stereocenters. The lowest BCUT2D eigenvalue weighted by atomic mass is 9.89. The molecule has 0 amide bonds. The fraction of sp³-hybridized carbons (Fsp3) is 0.300. The molecule has 1 fully saturated rings. The molecule has 7 heteroatoms. The van der Waals surface area contributed by atoms with Gasteiger partial charge in [0.05, 0.1) is 11.9 Å². The van der Waals surface area contributed by atoms with Crippen LogP contribution in [0.2, 0.25) is 0 Å². The van der Waals surface area contributed by atoms with E-state index in [0.717, 1.165) is 36.2 Å². The molecule has 0 unspecified atom stereocenters. The average molecular weight is 370 g/mol. The molecular formula is C20H20F2N4O. The summed E-state index contributed by atoms with van der Waals surface area (Å²) in [4.78, 5) is 2.26. The first kappa shape index (κ1) is 17.6. The van der Waals surface area contributed by atoms with E-state index in [-0.39, 0.29) is 5.69 Å². The van der Waals surface area contributed by atoms with Crippen LogP contribution < -0.4 is 0 Å². The van der Waals surface area contributed by atoms with E-state index >= 15 is 0 Å². The average Bonchev–Trinajstić information content (AvgIpc) is 3.10. The fourth-order valence-electron chi connectivity index (χ4n) is 3.62. The number of phenolic OH excluding ortho intramolecular Hbond substituents is 1. The molecule has 2 aromatic carbocycles. The molecule has 0 saturated carbocycles. The van der Waals surface area contributed by atoms with Crippen molar-refractivity contribution in [2.75, 3.05) is 13.1 Å². The summed E-state index contributed by atoms with van der Waals surface area (Å²) in [6.45, 7) is 2.37. The molecule has 5 nitrogen and oxygen atoms in total. The number of hydrogen-bond donors (Lipinski definition) is 1. The maximum atomic E-state index is 13.9. The van der Waals surface area contributed by atoms with Gasteiger partial charge in [0.1, 0.15) is 11.4 Å². The van der Waals surface area contributed by atoms with Gasteiger partial charge in [0.2, 0.25) is 0 Å². The van der Waals surface area contributed by atoms with Gasteiger partial charge in [-0.05, 0) is 61.7 Å². The number of hydrogen-bond acceptors (Lipinski definition) is 4. The summed E-state index contributed by atoms with van der Waals surface area (Å²) in [7, 11) is 0. The Morgan fingerprint density at radius 1 is 1.04 bits per heavy atom. The number of aromatic hydroxyl groups is 1. The standard InChI is InChI=1S/C20H20F2N4O/c21-18-5-2-6-19(22)20(18)26-13-16(23-24-26)12-25-9-7-14(8-10-25)15-3-1-4-17(27)11-15/h1-6,11,13-14,27H,7-10,12H2. The number of nitrogens with zero attached hydrogens (tertiary/aromatic N) is 4. The Hall–Kier alpha value is -2.80. The van der Waals surface area contributed by atoms with Crippen LogP contribution in [0.5, 0.6) is 5.75 Å². The second-order valence-corrected chi connectivity index (χ2v) is 6.87. The number of likely N-dealkylation sites (tertiary alicyclic amines) is 1. The van der Waals surface area contributed by atoms with Crippen LogP contribution in [-0.2, 0) is 6.54 Å². The zero-order chi connectivity index (χ0) is 18.8. The first-order valence-corrected chi connectivity index (χ1v) is 8.97. The summed E-state index contributed by atoms with van der Waals surface area (Å²) < 4.78 is 28.9. The molecule has 0 radical (unpaired) electrons. The van der Waals surface area contributed by atoms with Gasteiger partial charge in [-0.25, -0.2) is 13.5 Å². The molecule has 0 aliphatic carbocycles. The summed E-state index contributed by atoms with van der Waals surface area (Å²) in [5.74, 6) is -0.611. The predicted molar refractivity (Wildman–Crippen MR) is 96.6 cm³/mol. The highest BCUT2D eigenvalue weighted by atomic mass is 19.1. The normalized spacial score (nSPS) is 15.9. The third-order valence-corrected chi connectivity index (χ3v) is 5.02. The van der Waals surface area contributed by atoms with Crippen LogP contribution in [0.1, 0.15) is 30.0 Å². The number of halogens is 2. The van der Waals surface area contributed by atoms with E-state index in [2.05, 4.69) is 21.3 Å². The Balaban J connectivity index is 1.39. The summed E-state index contributed by atoms with van der Waals surface area (Å²) in [5.41, 5.74) is 1.63. The fourth-order valence-corrected chi connectivity index (χ4v) is 3.62. The molecule has 1 aliphatic heterocycles. The van der Waals surface area contributed by atoms with Gasteiger partial charge in [0.25, 0.3) is 0 Å². The van der Waals surface area contributed by atoms with Gasteiger partial charge >= 0.3 is 0 Å². The first-order valence-electron chi connectivity index (χ1n) is 8.97. The van der Waals surface area contributed by atoms with Crippen molar-refractivity contribution in [2.45, 2.75) is 25.3 Å². The Morgan fingerprint density at radius 2 is 1.74 bits per heavy atom. The Morgan fingerprint density at radius 3 is 2.44 bits per heavy atom. The molecule has 140 valence electrons. The Labute approximate surface area is 155 Å². The molecule has 4 rings (SSSR count). The molecule has 3 aromatic rings. The van der Waals surface area contributed by atoms with E-state index in [4.69, 9.17) is 0 Å². The van der Waals surface area contributed by atoms with E-state index in [1.54, 1.807) is 12.3 Å². The molecule has 0 bridgehead atoms. The molecule has 1 aromatic heterocycles. The van der Waals surface area contributed by atoms with Gasteiger partial charge < -0.3 is 5.11 Å². The SMILES string of the molecule is Oc1cccc(C2CCN(Cc3cn(-c4c(F)cccc4F)nn3)CC2)c1. The van der Waals surface area contributed by atoms with Crippen molar-refractivity contribution in [3.05, 3.63) is 71.6 Å². The van der Waals surface area contributed by atoms with Crippen molar-refractivity contribution >= 4 is 0 Å². The molecule has 2 heterocycles. The van der Waals surface area contributed by atoms with Crippen molar-refractivity contribution in [3.63, 3.8) is 0 Å². The highest BCUT2D eigenvalue weighted by Gasteiger charge is 2.22. The Bertz CT molecular complexity index is 915. The number of benzene rings is 2. The number of para-hydroxylation sites is 1. The third kappa shape index (κ3) is 3.83. The molecule has 1 aliphatic rings. The number of piperidine rings is 1. The molecule has 27 heavy (non-hydrogen) atoms. The van der Waals surface area contributed by atoms with Gasteiger partial charge in [0.15, 0.2) is 11.6 Å². The topological polar surface area (TPSA) is 54.2 Å². The van der Waals surface area contributed by atoms with Crippen LogP contribution in [0.15, 0.2) is 48.7 Å². The third-order valence-electron chi connectivity index (χ3n) is 5.02. The minimum atomic E-state index is -0.668. The van der Waals surface area contributed by atoms with Crippen LogP contribution in [0.4, 0.5) is 8.78 Å². The van der Waals surface area contributed by atoms with Gasteiger partial charge in [0, 0.05) is 6.54 Å². The molecule has 1 N–H and O–H groups in total. The summed E-state index contributed by atoms with van der Waals surface area (Å²) >= 11 is 0. The van der Waals surface area contributed by atoms with Crippen LogP contribution in [-0.4, -0.2) is 38.1 Å². The maximum absolute atomic E-state index is 13.9. The van der Waals surface area contributed by atoms with Crippen molar-refractivity contribution in [3.8, 4) is 11.4 Å². The minimum Gasteiger partial charge on any atom is -0.508 e. The highest BCUT2D eigenvalue weighted by Crippen LogP contribution is 2.30. The first-order chi connectivity index (χ1) is 13.1. The van der Waals surface area contributed by atoms with Crippen LogP contribution in [0, 0.1) is 11.6 Å². The van der Waals surface area contributed by atoms with Crippen molar-refractivity contribution < 1.29 is 13.9 Å². The van der Waals surface area contributed by atoms with Gasteiger partial charge in [-0.2, -0.15) is 0 Å². The van der Waals surface area contributed by atoms with E-state index < -0.39 is 11.6 Å². The van der Waals surface area contributed by atoms with Crippen molar-refractivity contribution in [1.29, 1.82) is 0 Å². The zero-order valence-corrected chi connectivity index (χ0v) is 14.7. The highest BCUT2D eigenvalue weighted by molar-refractivity contribution is 5.34. The van der Waals surface area contributed by atoms with E-state index in [1.807, 2.05) is 12.1 Å². The summed E-state index contributed by atoms with van der Waals surface area (Å²) in [6, 6.07) is 11.2. The zero-order valence-electron chi connectivity index (χ0n) is 14.7. The summed E-state index contributed by atoms with van der Waals surface area (Å²) in [6.07, 6.45) is 3.54. The smallest absolute Gasteiger partial charge is 0.151 e. The predicted octanol–water partition coefficient (Wildman–Crippen LogP) is 3.63. The second kappa shape index (κ2) is 7.44. The number of aromatic nitrogens is 3. The van der Waals surface area contributed by atoms with E-state index in [1.165, 1.54) is 18.2 Å². The largest absolute Gasteiger partial charge is 0.508 e. The molecule has 0 spiro atoms. The number of rotatable bonds is 4. The quantitative estimate of drug-likeness (QED) is 0.762. The lowest BCUT2D eigenvalue weighted by Crippen LogP contribution is -2.32. The van der Waals surface area contributed by atoms with Gasteiger partial charge in [-0.15, -0.1) is 5.10 Å². The molecular weight excluding hydrogens is 350 g/mol. The second-order valence-electron chi connectivity index (χ2n) is 6.87. The lowest BCUT2D eigenvalue weighted by Gasteiger charge is -2.31. The van der Waals surface area contributed by atoms with E-state index in [9.17, 15) is 13.9 Å². The van der Waals surface area contributed by atoms with Crippen LogP contribution in [0.3, 0.4) is 0 Å². The van der Waals surface area contributed by atoms with Crippen LogP contribution >= 0.6 is 0 Å². The molecule has 1 saturated heterocycles. The van der Waals surface area contributed by atoms with Crippen molar-refractivity contribution in [1.82, 2.24) is 19.9 Å². The van der Waals surface area contributed by atoms with Gasteiger partial charge in [-0.3, -0.25) is 4.90 Å².